The highest BCUT2D eigenvalue weighted by molar-refractivity contribution is 7.89. The molecule has 1 aliphatic carbocycles. The summed E-state index contributed by atoms with van der Waals surface area (Å²) in [6, 6.07) is 15.9. The third kappa shape index (κ3) is 6.56. The molecule has 0 unspecified atom stereocenters. The van der Waals surface area contributed by atoms with Crippen molar-refractivity contribution in [2.75, 3.05) is 39.4 Å². The molecule has 3 fully saturated rings. The predicted molar refractivity (Wildman–Crippen MR) is 165 cm³/mol. The zero-order valence-electron chi connectivity index (χ0n) is 24.1. The molecule has 0 radical (unpaired) electrons. The molecule has 3 heterocycles. The monoisotopic (exact) mass is 608 g/mol. The fourth-order valence-electron chi connectivity index (χ4n) is 6.33. The Morgan fingerprint density at radius 2 is 1.62 bits per heavy atom. The molecule has 1 aromatic heterocycles. The number of rotatable bonds is 9. The van der Waals surface area contributed by atoms with Gasteiger partial charge in [0.05, 0.1) is 29.5 Å². The van der Waals surface area contributed by atoms with Crippen LogP contribution >= 0.6 is 11.3 Å². The lowest BCUT2D eigenvalue weighted by molar-refractivity contribution is -0.127. The molecule has 1 amide bonds. The van der Waals surface area contributed by atoms with Gasteiger partial charge in [0.25, 0.3) is 0 Å². The van der Waals surface area contributed by atoms with Crippen molar-refractivity contribution < 1.29 is 17.9 Å². The molecule has 6 rings (SSSR count). The maximum atomic E-state index is 13.1. The van der Waals surface area contributed by atoms with Gasteiger partial charge in [-0.1, -0.05) is 43.5 Å². The Labute approximate surface area is 252 Å². The number of thiazole rings is 1. The van der Waals surface area contributed by atoms with E-state index < -0.39 is 10.0 Å². The van der Waals surface area contributed by atoms with Crippen molar-refractivity contribution in [3.8, 4) is 11.3 Å². The summed E-state index contributed by atoms with van der Waals surface area (Å²) in [7, 11) is -3.55. The Hall–Kier alpha value is -2.79. The van der Waals surface area contributed by atoms with Gasteiger partial charge >= 0.3 is 0 Å². The summed E-state index contributed by atoms with van der Waals surface area (Å²) in [6.45, 7) is 3.92. The van der Waals surface area contributed by atoms with Gasteiger partial charge in [-0.25, -0.2) is 13.4 Å². The molecule has 0 N–H and O–H groups in total. The molecular weight excluding hydrogens is 569 g/mol. The van der Waals surface area contributed by atoms with E-state index in [1.165, 1.54) is 42.0 Å². The Kier molecular flexibility index (Phi) is 9.23. The Balaban J connectivity index is 1.26. The van der Waals surface area contributed by atoms with Crippen molar-refractivity contribution in [2.24, 2.45) is 4.99 Å². The molecule has 3 aromatic rings. The molecule has 3 aliphatic rings. The number of hydrogen-bond donors (Lipinski definition) is 0. The van der Waals surface area contributed by atoms with Crippen LogP contribution in [0.1, 0.15) is 62.8 Å². The molecule has 42 heavy (non-hydrogen) atoms. The van der Waals surface area contributed by atoms with Gasteiger partial charge in [0.15, 0.2) is 4.80 Å². The quantitative estimate of drug-likeness (QED) is 0.320. The fraction of sp³-hybridized carbons (Fsp3) is 0.500. The third-order valence-corrected chi connectivity index (χ3v) is 11.5. The van der Waals surface area contributed by atoms with Crippen molar-refractivity contribution in [3.63, 3.8) is 0 Å². The summed E-state index contributed by atoms with van der Waals surface area (Å²) in [4.78, 5) is 20.2. The number of aromatic nitrogens is 1. The summed E-state index contributed by atoms with van der Waals surface area (Å²) >= 11 is 1.59. The van der Waals surface area contributed by atoms with E-state index in [0.717, 1.165) is 48.5 Å². The standard InChI is InChI=1S/C32H40N4O4S2/c37-31-8-4-17-34(31)18-5-19-36-30(27-11-9-26(10-12-27)25-6-2-1-3-7-25)24-41-32(36)33-28-13-15-29(16-14-28)42(38,39)35-20-22-40-23-21-35/h9-16,24-25H,1-8,17-23H2. The smallest absolute Gasteiger partial charge is 0.243 e. The number of likely N-dealkylation sites (tertiary alicyclic amines) is 1. The molecule has 2 aliphatic heterocycles. The van der Waals surface area contributed by atoms with Crippen LogP contribution in [0.3, 0.4) is 0 Å². The number of nitrogens with zero attached hydrogens (tertiary/aromatic N) is 4. The van der Waals surface area contributed by atoms with Gasteiger partial charge in [0, 0.05) is 44.5 Å². The molecule has 2 aromatic carbocycles. The Morgan fingerprint density at radius 1 is 0.881 bits per heavy atom. The zero-order chi connectivity index (χ0) is 28.9. The van der Waals surface area contributed by atoms with Crippen LogP contribution in [-0.2, 0) is 26.1 Å². The Morgan fingerprint density at radius 3 is 2.31 bits per heavy atom. The number of hydrogen-bond acceptors (Lipinski definition) is 6. The van der Waals surface area contributed by atoms with Gasteiger partial charge in [-0.3, -0.25) is 4.79 Å². The van der Waals surface area contributed by atoms with Crippen molar-refractivity contribution in [3.05, 3.63) is 64.3 Å². The first kappa shape index (κ1) is 29.3. The minimum Gasteiger partial charge on any atom is -0.379 e. The van der Waals surface area contributed by atoms with E-state index >= 15 is 0 Å². The summed E-state index contributed by atoms with van der Waals surface area (Å²) in [5.41, 5.74) is 4.43. The molecule has 0 atom stereocenters. The molecule has 8 nitrogen and oxygen atoms in total. The van der Waals surface area contributed by atoms with Gasteiger partial charge in [-0.05, 0) is 67.0 Å². The topological polar surface area (TPSA) is 84.2 Å². The fourth-order valence-corrected chi connectivity index (χ4v) is 8.69. The summed E-state index contributed by atoms with van der Waals surface area (Å²) in [5.74, 6) is 0.918. The molecule has 0 spiro atoms. The molecule has 1 saturated carbocycles. The predicted octanol–water partition coefficient (Wildman–Crippen LogP) is 5.53. The lowest BCUT2D eigenvalue weighted by atomic mass is 9.84. The van der Waals surface area contributed by atoms with E-state index in [0.29, 0.717) is 44.3 Å². The Bertz CT molecular complexity index is 1530. The van der Waals surface area contributed by atoms with E-state index in [-0.39, 0.29) is 10.8 Å². The summed E-state index contributed by atoms with van der Waals surface area (Å²) in [5, 5.41) is 2.16. The average Bonchev–Trinajstić information content (AvgIpc) is 3.63. The van der Waals surface area contributed by atoms with Crippen molar-refractivity contribution in [1.29, 1.82) is 0 Å². The number of ether oxygens (including phenoxy) is 1. The second-order valence-corrected chi connectivity index (χ2v) is 14.2. The van der Waals surface area contributed by atoms with Crippen molar-refractivity contribution >= 4 is 33.0 Å². The van der Waals surface area contributed by atoms with Crippen LogP contribution in [0.25, 0.3) is 11.3 Å². The van der Waals surface area contributed by atoms with Crippen LogP contribution in [0, 0.1) is 0 Å². The summed E-state index contributed by atoms with van der Waals surface area (Å²) in [6.07, 6.45) is 9.00. The van der Waals surface area contributed by atoms with Crippen LogP contribution in [0.5, 0.6) is 0 Å². The highest BCUT2D eigenvalue weighted by Gasteiger charge is 2.26. The number of amides is 1. The van der Waals surface area contributed by atoms with E-state index in [1.54, 1.807) is 35.6 Å². The third-order valence-electron chi connectivity index (χ3n) is 8.73. The number of carbonyl (C=O) groups is 1. The summed E-state index contributed by atoms with van der Waals surface area (Å²) < 4.78 is 35.2. The highest BCUT2D eigenvalue weighted by atomic mass is 32.2. The van der Waals surface area contributed by atoms with Crippen LogP contribution in [-0.4, -0.2) is 67.5 Å². The first-order chi connectivity index (χ1) is 20.5. The van der Waals surface area contributed by atoms with Crippen LogP contribution < -0.4 is 4.80 Å². The molecular formula is C32H40N4O4S2. The second kappa shape index (κ2) is 13.2. The second-order valence-electron chi connectivity index (χ2n) is 11.5. The molecule has 0 bridgehead atoms. The minimum absolute atomic E-state index is 0.251. The first-order valence-corrected chi connectivity index (χ1v) is 17.6. The maximum Gasteiger partial charge on any atom is 0.243 e. The molecule has 10 heteroatoms. The maximum absolute atomic E-state index is 13.1. The number of benzene rings is 2. The molecule has 2 saturated heterocycles. The van der Waals surface area contributed by atoms with Crippen LogP contribution in [0.4, 0.5) is 5.69 Å². The lowest BCUT2D eigenvalue weighted by Gasteiger charge is -2.26. The SMILES string of the molecule is O=C1CCCN1CCCn1c(-c2ccc(C3CCCCC3)cc2)csc1=Nc1ccc(S(=O)(=O)N2CCOCC2)cc1. The first-order valence-electron chi connectivity index (χ1n) is 15.3. The van der Waals surface area contributed by atoms with Crippen LogP contribution in [0.15, 0.2) is 63.8 Å². The van der Waals surface area contributed by atoms with E-state index in [1.807, 2.05) is 4.90 Å². The van der Waals surface area contributed by atoms with E-state index in [9.17, 15) is 13.2 Å². The van der Waals surface area contributed by atoms with Gasteiger partial charge in [-0.2, -0.15) is 4.31 Å². The van der Waals surface area contributed by atoms with Gasteiger partial charge < -0.3 is 14.2 Å². The number of carbonyl (C=O) groups excluding carboxylic acids is 1. The van der Waals surface area contributed by atoms with Crippen molar-refractivity contribution in [1.82, 2.24) is 13.8 Å². The van der Waals surface area contributed by atoms with Gasteiger partial charge in [-0.15, -0.1) is 11.3 Å². The minimum atomic E-state index is -3.55. The van der Waals surface area contributed by atoms with Crippen molar-refractivity contribution in [2.45, 2.75) is 68.7 Å². The van der Waals surface area contributed by atoms with Crippen LogP contribution in [0.2, 0.25) is 0 Å². The zero-order valence-corrected chi connectivity index (χ0v) is 25.8. The molecule has 224 valence electrons. The van der Waals surface area contributed by atoms with E-state index in [4.69, 9.17) is 9.73 Å². The lowest BCUT2D eigenvalue weighted by Crippen LogP contribution is -2.40. The average molecular weight is 609 g/mol. The highest BCUT2D eigenvalue weighted by Crippen LogP contribution is 2.34. The van der Waals surface area contributed by atoms with E-state index in [2.05, 4.69) is 34.2 Å². The number of sulfonamides is 1. The largest absolute Gasteiger partial charge is 0.379 e. The van der Waals surface area contributed by atoms with Gasteiger partial charge in [0.1, 0.15) is 0 Å². The van der Waals surface area contributed by atoms with Gasteiger partial charge in [0.2, 0.25) is 15.9 Å². The normalized spacial score (nSPS) is 19.6. The number of morpholine rings is 1.